The topological polar surface area (TPSA) is 41.5 Å². The van der Waals surface area contributed by atoms with Gasteiger partial charge >= 0.3 is 0 Å². The second-order valence-corrected chi connectivity index (χ2v) is 5.93. The Morgan fingerprint density at radius 1 is 1.35 bits per heavy atom. The van der Waals surface area contributed by atoms with Gasteiger partial charge in [-0.1, -0.05) is 36.2 Å². The van der Waals surface area contributed by atoms with Crippen molar-refractivity contribution in [2.24, 2.45) is 5.92 Å². The number of hydrogen-bond donors (Lipinski definition) is 2. The molecule has 3 nitrogen and oxygen atoms in total. The van der Waals surface area contributed by atoms with Gasteiger partial charge in [-0.15, -0.1) is 0 Å². The lowest BCUT2D eigenvalue weighted by Crippen LogP contribution is -2.23. The average molecular weight is 344 g/mol. The summed E-state index contributed by atoms with van der Waals surface area (Å²) in [5, 5.41) is 12.5. The maximum Gasteiger partial charge on any atom is 0.123 e. The third kappa shape index (κ3) is 6.25. The van der Waals surface area contributed by atoms with Crippen LogP contribution in [0.5, 0.6) is 5.75 Å². The van der Waals surface area contributed by atoms with Crippen LogP contribution in [0.25, 0.3) is 0 Å². The van der Waals surface area contributed by atoms with E-state index in [2.05, 4.69) is 41.2 Å². The van der Waals surface area contributed by atoms with Crippen LogP contribution in [0.4, 0.5) is 0 Å². The molecule has 0 spiro atoms. The van der Waals surface area contributed by atoms with Crippen LogP contribution in [0.1, 0.15) is 38.7 Å². The summed E-state index contributed by atoms with van der Waals surface area (Å²) in [5.41, 5.74) is 1.17. The molecule has 2 N–H and O–H groups in total. The fraction of sp³-hybridized carbons (Fsp3) is 0.625. The first-order valence-electron chi connectivity index (χ1n) is 7.44. The third-order valence-electron chi connectivity index (χ3n) is 3.35. The Morgan fingerprint density at radius 3 is 2.80 bits per heavy atom. The van der Waals surface area contributed by atoms with E-state index in [0.717, 1.165) is 49.2 Å². The third-order valence-corrected chi connectivity index (χ3v) is 3.84. The van der Waals surface area contributed by atoms with Crippen LogP contribution in [0.15, 0.2) is 22.7 Å². The molecular weight excluding hydrogens is 318 g/mol. The molecule has 1 unspecified atom stereocenters. The largest absolute Gasteiger partial charge is 0.493 e. The van der Waals surface area contributed by atoms with E-state index >= 15 is 0 Å². The van der Waals surface area contributed by atoms with E-state index in [1.54, 1.807) is 0 Å². The quantitative estimate of drug-likeness (QED) is 0.679. The van der Waals surface area contributed by atoms with Gasteiger partial charge in [-0.2, -0.15) is 0 Å². The maximum absolute atomic E-state index is 9.01. The van der Waals surface area contributed by atoms with Crippen molar-refractivity contribution in [3.05, 3.63) is 28.2 Å². The number of rotatable bonds is 10. The first-order valence-corrected chi connectivity index (χ1v) is 8.23. The molecule has 1 atom stereocenters. The van der Waals surface area contributed by atoms with Crippen molar-refractivity contribution >= 4 is 15.9 Å². The van der Waals surface area contributed by atoms with E-state index in [9.17, 15) is 0 Å². The van der Waals surface area contributed by atoms with Crippen molar-refractivity contribution in [3.63, 3.8) is 0 Å². The molecule has 1 rings (SSSR count). The Morgan fingerprint density at radius 2 is 2.15 bits per heavy atom. The second kappa shape index (κ2) is 10.2. The molecule has 20 heavy (non-hydrogen) atoms. The zero-order chi connectivity index (χ0) is 14.8. The summed E-state index contributed by atoms with van der Waals surface area (Å²) in [4.78, 5) is 0. The summed E-state index contributed by atoms with van der Waals surface area (Å²) < 4.78 is 6.84. The monoisotopic (exact) mass is 343 g/mol. The van der Waals surface area contributed by atoms with Gasteiger partial charge in [0.15, 0.2) is 0 Å². The van der Waals surface area contributed by atoms with E-state index in [1.807, 2.05) is 12.1 Å². The number of aliphatic hydroxyl groups excluding tert-OH is 1. The standard InChI is InChI=1S/C16H26BrNO2/c1-3-9-20-16-6-5-15(17)10-14(16)12-18-11-13(4-2)7-8-19/h5-6,10,13,18-19H,3-4,7-9,11-12H2,1-2H3. The zero-order valence-corrected chi connectivity index (χ0v) is 14.1. The lowest BCUT2D eigenvalue weighted by molar-refractivity contribution is 0.251. The Bertz CT molecular complexity index is 385. The van der Waals surface area contributed by atoms with Crippen LogP contribution >= 0.6 is 15.9 Å². The molecule has 4 heteroatoms. The number of aliphatic hydroxyl groups is 1. The van der Waals surface area contributed by atoms with E-state index < -0.39 is 0 Å². The summed E-state index contributed by atoms with van der Waals surface area (Å²) in [5.74, 6) is 1.49. The predicted octanol–water partition coefficient (Wildman–Crippen LogP) is 3.74. The minimum atomic E-state index is 0.266. The minimum Gasteiger partial charge on any atom is -0.493 e. The molecule has 0 heterocycles. The highest BCUT2D eigenvalue weighted by molar-refractivity contribution is 9.10. The molecule has 114 valence electrons. The highest BCUT2D eigenvalue weighted by Gasteiger charge is 2.08. The smallest absolute Gasteiger partial charge is 0.123 e. The van der Waals surface area contributed by atoms with Gasteiger partial charge in [0.05, 0.1) is 6.61 Å². The Labute approximate surface area is 130 Å². The number of nitrogens with one attached hydrogen (secondary N) is 1. The predicted molar refractivity (Wildman–Crippen MR) is 87.1 cm³/mol. The van der Waals surface area contributed by atoms with Gasteiger partial charge in [0.25, 0.3) is 0 Å². The molecule has 0 amide bonds. The summed E-state index contributed by atoms with van der Waals surface area (Å²) >= 11 is 3.51. The lowest BCUT2D eigenvalue weighted by atomic mass is 10.0. The van der Waals surface area contributed by atoms with Gasteiger partial charge in [-0.05, 0) is 43.5 Å². The Hall–Kier alpha value is -0.580. The van der Waals surface area contributed by atoms with E-state index in [1.165, 1.54) is 5.56 Å². The van der Waals surface area contributed by atoms with Gasteiger partial charge in [0.2, 0.25) is 0 Å². The van der Waals surface area contributed by atoms with Crippen LogP contribution in [0, 0.1) is 5.92 Å². The molecule has 0 aliphatic heterocycles. The van der Waals surface area contributed by atoms with Crippen LogP contribution < -0.4 is 10.1 Å². The van der Waals surface area contributed by atoms with Crippen molar-refractivity contribution in [1.82, 2.24) is 5.32 Å². The van der Waals surface area contributed by atoms with Crippen LogP contribution in [-0.2, 0) is 6.54 Å². The van der Waals surface area contributed by atoms with Gasteiger partial charge in [0, 0.05) is 23.2 Å². The second-order valence-electron chi connectivity index (χ2n) is 5.02. The van der Waals surface area contributed by atoms with Crippen molar-refractivity contribution in [1.29, 1.82) is 0 Å². The van der Waals surface area contributed by atoms with Crippen LogP contribution in [-0.4, -0.2) is 24.9 Å². The lowest BCUT2D eigenvalue weighted by Gasteiger charge is -2.16. The highest BCUT2D eigenvalue weighted by Crippen LogP contribution is 2.23. The van der Waals surface area contributed by atoms with Crippen LogP contribution in [0.3, 0.4) is 0 Å². The summed E-state index contributed by atoms with van der Waals surface area (Å²) in [6.45, 7) is 7.00. The van der Waals surface area contributed by atoms with Crippen LogP contribution in [0.2, 0.25) is 0 Å². The molecule has 1 aromatic rings. The molecule has 0 radical (unpaired) electrons. The molecule has 1 aromatic carbocycles. The molecule has 0 aliphatic carbocycles. The maximum atomic E-state index is 9.01. The van der Waals surface area contributed by atoms with Gasteiger partial charge in [-0.25, -0.2) is 0 Å². The Kier molecular flexibility index (Phi) is 8.90. The highest BCUT2D eigenvalue weighted by atomic mass is 79.9. The number of halogens is 1. The summed E-state index contributed by atoms with van der Waals surface area (Å²) in [6, 6.07) is 6.13. The fourth-order valence-corrected chi connectivity index (χ4v) is 2.49. The van der Waals surface area contributed by atoms with Crippen molar-refractivity contribution in [3.8, 4) is 5.75 Å². The molecular formula is C16H26BrNO2. The van der Waals surface area contributed by atoms with E-state index in [4.69, 9.17) is 9.84 Å². The van der Waals surface area contributed by atoms with Crippen molar-refractivity contribution in [2.75, 3.05) is 19.8 Å². The van der Waals surface area contributed by atoms with Crippen molar-refractivity contribution in [2.45, 2.75) is 39.7 Å². The SMILES string of the molecule is CCCOc1ccc(Br)cc1CNCC(CC)CCO. The normalized spacial score (nSPS) is 12.4. The molecule has 0 bridgehead atoms. The molecule has 0 saturated heterocycles. The molecule has 0 fully saturated rings. The fourth-order valence-electron chi connectivity index (χ4n) is 2.08. The van der Waals surface area contributed by atoms with Gasteiger partial charge in [0.1, 0.15) is 5.75 Å². The number of benzene rings is 1. The first kappa shape index (κ1) is 17.5. The molecule has 0 aliphatic rings. The number of ether oxygens (including phenoxy) is 1. The average Bonchev–Trinajstić information content (AvgIpc) is 2.45. The van der Waals surface area contributed by atoms with E-state index in [-0.39, 0.29) is 6.61 Å². The molecule has 0 saturated carbocycles. The minimum absolute atomic E-state index is 0.266. The summed E-state index contributed by atoms with van der Waals surface area (Å²) in [7, 11) is 0. The Balaban J connectivity index is 2.54. The summed E-state index contributed by atoms with van der Waals surface area (Å²) in [6.07, 6.45) is 2.96. The molecule has 0 aromatic heterocycles. The number of hydrogen-bond acceptors (Lipinski definition) is 3. The van der Waals surface area contributed by atoms with Crippen molar-refractivity contribution < 1.29 is 9.84 Å². The first-order chi connectivity index (χ1) is 9.71. The van der Waals surface area contributed by atoms with Gasteiger partial charge < -0.3 is 15.2 Å². The van der Waals surface area contributed by atoms with Gasteiger partial charge in [-0.3, -0.25) is 0 Å². The van der Waals surface area contributed by atoms with E-state index in [0.29, 0.717) is 5.92 Å². The zero-order valence-electron chi connectivity index (χ0n) is 12.5.